The van der Waals surface area contributed by atoms with E-state index in [0.717, 1.165) is 22.3 Å². The Morgan fingerprint density at radius 3 is 2.07 bits per heavy atom. The van der Waals surface area contributed by atoms with Gasteiger partial charge in [-0.25, -0.2) is 9.59 Å². The predicted molar refractivity (Wildman–Crippen MR) is 156 cm³/mol. The average molecular weight is 561 g/mol. The van der Waals surface area contributed by atoms with Gasteiger partial charge in [0, 0.05) is 31.0 Å². The molecule has 1 amide bonds. The van der Waals surface area contributed by atoms with Crippen molar-refractivity contribution in [2.75, 3.05) is 13.2 Å². The number of rotatable bonds is 11. The van der Waals surface area contributed by atoms with Gasteiger partial charge in [-0.05, 0) is 52.8 Å². The Kier molecular flexibility index (Phi) is 9.31. The van der Waals surface area contributed by atoms with Crippen LogP contribution >= 0.6 is 0 Å². The lowest BCUT2D eigenvalue weighted by Gasteiger charge is -2.30. The molecule has 3 N–H and O–H groups in total. The van der Waals surface area contributed by atoms with Gasteiger partial charge in [-0.15, -0.1) is 0 Å². The highest BCUT2D eigenvalue weighted by atomic mass is 16.5. The van der Waals surface area contributed by atoms with Crippen molar-refractivity contribution >= 4 is 23.6 Å². The summed E-state index contributed by atoms with van der Waals surface area (Å²) in [4.78, 5) is 50.2. The Morgan fingerprint density at radius 2 is 1.54 bits per heavy atom. The van der Waals surface area contributed by atoms with Crippen LogP contribution in [-0.4, -0.2) is 47.9 Å². The number of fused-ring (bicyclic) bond motifs is 3. The maximum Gasteiger partial charge on any atom is 0.407 e. The minimum absolute atomic E-state index is 0.0960. The van der Waals surface area contributed by atoms with E-state index in [4.69, 9.17) is 4.74 Å². The number of allylic oxidation sites excluding steroid dienone is 2. The lowest BCUT2D eigenvalue weighted by Crippen LogP contribution is -2.42. The molecule has 2 aliphatic carbocycles. The van der Waals surface area contributed by atoms with Crippen LogP contribution in [-0.2, 0) is 19.1 Å². The molecule has 8 heteroatoms. The molecule has 2 aromatic carbocycles. The Bertz CT molecular complexity index is 1290. The number of aliphatic carboxylic acids is 1. The number of Topliss-reactive ketones (excluding diaryl/α,β-unsaturated/α-hetero) is 2. The number of alkyl carbamates (subject to hydrolysis) is 1. The second-order valence-corrected chi connectivity index (χ2v) is 12.2. The zero-order chi connectivity index (χ0) is 29.7. The minimum atomic E-state index is -1.15. The first kappa shape index (κ1) is 30.0. The van der Waals surface area contributed by atoms with Gasteiger partial charge >= 0.3 is 12.1 Å². The lowest BCUT2D eigenvalue weighted by molar-refractivity contribution is -0.139. The number of benzene rings is 2. The largest absolute Gasteiger partial charge is 0.480 e. The van der Waals surface area contributed by atoms with Gasteiger partial charge in [-0.1, -0.05) is 76.2 Å². The molecule has 0 aromatic heterocycles. The first-order chi connectivity index (χ1) is 19.5. The fraction of sp³-hybridized carbons (Fsp3) is 0.455. The number of ketones is 2. The van der Waals surface area contributed by atoms with Crippen LogP contribution in [0, 0.1) is 11.3 Å². The third-order valence-electron chi connectivity index (χ3n) is 7.69. The number of carboxylic acid groups (broad SMARTS) is 1. The second-order valence-electron chi connectivity index (χ2n) is 12.2. The number of nitrogens with one attached hydrogen (secondary N) is 2. The van der Waals surface area contributed by atoms with E-state index in [1.165, 1.54) is 0 Å². The Hall–Kier alpha value is -3.94. The molecule has 1 saturated carbocycles. The maximum absolute atomic E-state index is 12.8. The van der Waals surface area contributed by atoms with Crippen LogP contribution in [0.4, 0.5) is 4.79 Å². The van der Waals surface area contributed by atoms with Gasteiger partial charge in [0.05, 0.1) is 5.57 Å². The maximum atomic E-state index is 12.8. The van der Waals surface area contributed by atoms with Crippen molar-refractivity contribution in [3.05, 3.63) is 70.9 Å². The number of ether oxygens (including phenoxy) is 1. The summed E-state index contributed by atoms with van der Waals surface area (Å²) in [6, 6.07) is 14.9. The number of amides is 1. The van der Waals surface area contributed by atoms with Crippen LogP contribution in [0.15, 0.2) is 59.8 Å². The summed E-state index contributed by atoms with van der Waals surface area (Å²) in [5, 5.41) is 15.4. The van der Waals surface area contributed by atoms with Gasteiger partial charge in [0.15, 0.2) is 11.6 Å². The molecule has 0 aliphatic heterocycles. The van der Waals surface area contributed by atoms with Crippen molar-refractivity contribution < 1.29 is 29.0 Å². The van der Waals surface area contributed by atoms with E-state index < -0.39 is 18.1 Å². The van der Waals surface area contributed by atoms with E-state index in [9.17, 15) is 24.3 Å². The summed E-state index contributed by atoms with van der Waals surface area (Å²) in [6.45, 7) is 8.34. The number of carboxylic acids is 1. The lowest BCUT2D eigenvalue weighted by atomic mass is 9.73. The molecular formula is C33H40N2O6. The smallest absolute Gasteiger partial charge is 0.407 e. The average Bonchev–Trinajstić information content (AvgIpc) is 3.21. The number of carbonyl (C=O) groups excluding carboxylic acids is 3. The molecule has 1 fully saturated rings. The zero-order valence-electron chi connectivity index (χ0n) is 24.3. The highest BCUT2D eigenvalue weighted by Crippen LogP contribution is 2.44. The van der Waals surface area contributed by atoms with Crippen molar-refractivity contribution in [1.82, 2.24) is 10.6 Å². The van der Waals surface area contributed by atoms with Gasteiger partial charge in [-0.3, -0.25) is 9.59 Å². The van der Waals surface area contributed by atoms with Crippen LogP contribution in [0.3, 0.4) is 0 Å². The molecule has 8 nitrogen and oxygen atoms in total. The Labute approximate surface area is 241 Å². The van der Waals surface area contributed by atoms with Gasteiger partial charge in [0.2, 0.25) is 0 Å². The van der Waals surface area contributed by atoms with Crippen molar-refractivity contribution in [1.29, 1.82) is 0 Å². The fourth-order valence-electron chi connectivity index (χ4n) is 5.86. The zero-order valence-corrected chi connectivity index (χ0v) is 24.3. The molecule has 0 radical (unpaired) electrons. The number of hydrogen-bond acceptors (Lipinski definition) is 6. The van der Waals surface area contributed by atoms with E-state index in [-0.39, 0.29) is 47.4 Å². The van der Waals surface area contributed by atoms with Crippen molar-refractivity contribution in [3.63, 3.8) is 0 Å². The molecule has 0 heterocycles. The molecule has 4 rings (SSSR count). The summed E-state index contributed by atoms with van der Waals surface area (Å²) in [6.07, 6.45) is 0.976. The molecule has 1 atom stereocenters. The summed E-state index contributed by atoms with van der Waals surface area (Å²) in [5.41, 5.74) is 4.91. The highest BCUT2D eigenvalue weighted by molar-refractivity contribution is 6.22. The normalized spacial score (nSPS) is 16.7. The summed E-state index contributed by atoms with van der Waals surface area (Å²) in [7, 11) is 0. The van der Waals surface area contributed by atoms with E-state index in [0.29, 0.717) is 37.9 Å². The summed E-state index contributed by atoms with van der Waals surface area (Å²) in [5.74, 6) is -1.34. The number of hydrogen-bond donors (Lipinski definition) is 3. The molecule has 2 aromatic rings. The third-order valence-corrected chi connectivity index (χ3v) is 7.69. The quantitative estimate of drug-likeness (QED) is 0.186. The molecule has 0 unspecified atom stereocenters. The molecule has 0 saturated heterocycles. The van der Waals surface area contributed by atoms with Crippen molar-refractivity contribution in [2.24, 2.45) is 11.3 Å². The number of carbonyl (C=O) groups is 4. The molecule has 0 bridgehead atoms. The van der Waals surface area contributed by atoms with Gasteiger partial charge < -0.3 is 20.5 Å². The van der Waals surface area contributed by atoms with Crippen molar-refractivity contribution in [3.8, 4) is 11.1 Å². The van der Waals surface area contributed by atoms with Crippen LogP contribution in [0.2, 0.25) is 0 Å². The minimum Gasteiger partial charge on any atom is -0.480 e. The fourth-order valence-corrected chi connectivity index (χ4v) is 5.86. The van der Waals surface area contributed by atoms with E-state index >= 15 is 0 Å². The van der Waals surface area contributed by atoms with Crippen LogP contribution < -0.4 is 10.6 Å². The van der Waals surface area contributed by atoms with Gasteiger partial charge in [0.25, 0.3) is 0 Å². The second kappa shape index (κ2) is 12.7. The summed E-state index contributed by atoms with van der Waals surface area (Å²) >= 11 is 0. The molecule has 41 heavy (non-hydrogen) atoms. The van der Waals surface area contributed by atoms with Gasteiger partial charge in [0.1, 0.15) is 12.6 Å². The van der Waals surface area contributed by atoms with Crippen molar-refractivity contribution in [2.45, 2.75) is 71.8 Å². The molecule has 2 aliphatic rings. The van der Waals surface area contributed by atoms with E-state index in [2.05, 4.69) is 10.6 Å². The van der Waals surface area contributed by atoms with E-state index in [1.807, 2.05) is 76.2 Å². The van der Waals surface area contributed by atoms with E-state index in [1.54, 1.807) is 0 Å². The summed E-state index contributed by atoms with van der Waals surface area (Å²) < 4.78 is 5.52. The third kappa shape index (κ3) is 7.23. The Morgan fingerprint density at radius 1 is 0.976 bits per heavy atom. The standard InChI is InChI=1S/C33H40N2O6/c1-20(2)16-27(30-28(36)17-33(3,4)18-29(30)37)34-15-9-14-26(31(38)39)35-32(40)41-19-25-23-12-7-5-10-21(23)22-11-6-8-13-24(22)25/h5-8,10-13,20,25-26,34H,9,14-19H2,1-4H3,(H,35,40)(H,38,39)/t26-/m0/s1. The molecule has 0 spiro atoms. The monoisotopic (exact) mass is 560 g/mol. The van der Waals surface area contributed by atoms with Crippen LogP contribution in [0.25, 0.3) is 11.1 Å². The Balaban J connectivity index is 1.32. The predicted octanol–water partition coefficient (Wildman–Crippen LogP) is 5.61. The molecular weight excluding hydrogens is 520 g/mol. The topological polar surface area (TPSA) is 122 Å². The van der Waals surface area contributed by atoms with Gasteiger partial charge in [-0.2, -0.15) is 0 Å². The SMILES string of the molecule is CC(C)CC(NCCC[C@H](NC(=O)OCC1c2ccccc2-c2ccccc21)C(=O)O)=C1C(=O)CC(C)(C)CC1=O. The van der Waals surface area contributed by atoms with Crippen LogP contribution in [0.5, 0.6) is 0 Å². The molecule has 218 valence electrons. The van der Waals surface area contributed by atoms with Crippen LogP contribution in [0.1, 0.15) is 76.8 Å². The first-order valence-corrected chi connectivity index (χ1v) is 14.3. The highest BCUT2D eigenvalue weighted by Gasteiger charge is 2.37. The first-order valence-electron chi connectivity index (χ1n) is 14.3.